The summed E-state index contributed by atoms with van der Waals surface area (Å²) in [6.45, 7) is 0. The Kier molecular flexibility index (Phi) is 9.17. The maximum Gasteiger partial charge on any atom is 0.160 e. The molecule has 0 unspecified atom stereocenters. The van der Waals surface area contributed by atoms with E-state index in [2.05, 4.69) is 258 Å². The number of furan rings is 1. The molecule has 0 amide bonds. The monoisotopic (exact) mass is 854 g/mol. The molecule has 0 radical (unpaired) electrons. The van der Waals surface area contributed by atoms with Crippen LogP contribution in [-0.2, 0) is 0 Å². The molecule has 0 saturated carbocycles. The molecule has 67 heavy (non-hydrogen) atoms. The van der Waals surface area contributed by atoms with Gasteiger partial charge in [0.1, 0.15) is 5.58 Å². The Morgan fingerprint density at radius 1 is 0.313 bits per heavy atom. The molecule has 0 fully saturated rings. The summed E-state index contributed by atoms with van der Waals surface area (Å²) in [5.41, 5.74) is 17.8. The Balaban J connectivity index is 0.881. The summed E-state index contributed by atoms with van der Waals surface area (Å²) in [5.74, 6) is 0. The van der Waals surface area contributed by atoms with Gasteiger partial charge >= 0.3 is 0 Å². The van der Waals surface area contributed by atoms with Crippen LogP contribution in [0.1, 0.15) is 0 Å². The molecule has 11 aromatic carbocycles. The number of hydrogen-bond acceptors (Lipinski definition) is 2. The average molecular weight is 855 g/mol. The highest BCUT2D eigenvalue weighted by Crippen LogP contribution is 2.46. The molecule has 3 heteroatoms. The predicted molar refractivity (Wildman–Crippen MR) is 282 cm³/mol. The zero-order valence-electron chi connectivity index (χ0n) is 36.6. The van der Waals surface area contributed by atoms with Crippen LogP contribution < -0.4 is 4.90 Å². The van der Waals surface area contributed by atoms with Crippen LogP contribution in [0.2, 0.25) is 0 Å². The molecular formula is C64H42N2O. The third kappa shape index (κ3) is 6.67. The molecule has 0 saturated heterocycles. The topological polar surface area (TPSA) is 21.3 Å². The van der Waals surface area contributed by atoms with E-state index in [-0.39, 0.29) is 0 Å². The van der Waals surface area contributed by atoms with E-state index in [9.17, 15) is 0 Å². The highest BCUT2D eigenvalue weighted by molar-refractivity contribution is 6.23. The van der Waals surface area contributed by atoms with Gasteiger partial charge in [-0.25, -0.2) is 0 Å². The lowest BCUT2D eigenvalue weighted by Gasteiger charge is -2.26. The molecule has 2 heterocycles. The van der Waals surface area contributed by atoms with Gasteiger partial charge in [-0.2, -0.15) is 0 Å². The quantitative estimate of drug-likeness (QED) is 0.152. The lowest BCUT2D eigenvalue weighted by atomic mass is 9.98. The van der Waals surface area contributed by atoms with E-state index in [0.29, 0.717) is 0 Å². The fourth-order valence-corrected chi connectivity index (χ4v) is 10.1. The number of benzene rings is 11. The first kappa shape index (κ1) is 38.5. The van der Waals surface area contributed by atoms with Gasteiger partial charge in [0.2, 0.25) is 0 Å². The largest absolute Gasteiger partial charge is 0.454 e. The second-order valence-electron chi connectivity index (χ2n) is 17.3. The SMILES string of the molecule is c1ccc(-c2cccc(-c3ccc(N(c4ccc(-c5ccc(-c6ccc7c(c6)c6ccccc6n7-c6ccccc6)cc5)cc4)c4cc5ccccc5c5c4oc4ccccc45)cc3)c2)cc1. The first-order valence-corrected chi connectivity index (χ1v) is 22.9. The van der Waals surface area contributed by atoms with Crippen molar-refractivity contribution < 1.29 is 4.42 Å². The van der Waals surface area contributed by atoms with E-state index < -0.39 is 0 Å². The molecule has 0 atom stereocenters. The predicted octanol–water partition coefficient (Wildman–Crippen LogP) is 18.0. The van der Waals surface area contributed by atoms with Crippen molar-refractivity contribution in [3.63, 3.8) is 0 Å². The number of fused-ring (bicyclic) bond motifs is 8. The van der Waals surface area contributed by atoms with Gasteiger partial charge in [0.15, 0.2) is 5.58 Å². The molecule has 13 rings (SSSR count). The first-order chi connectivity index (χ1) is 33.2. The lowest BCUT2D eigenvalue weighted by Crippen LogP contribution is -2.10. The summed E-state index contributed by atoms with van der Waals surface area (Å²) in [6, 6.07) is 91.7. The maximum atomic E-state index is 6.83. The summed E-state index contributed by atoms with van der Waals surface area (Å²) in [7, 11) is 0. The molecule has 0 bridgehead atoms. The minimum absolute atomic E-state index is 0.863. The van der Waals surface area contributed by atoms with Crippen molar-refractivity contribution in [3.05, 3.63) is 255 Å². The van der Waals surface area contributed by atoms with Crippen LogP contribution in [0.25, 0.3) is 105 Å². The molecule has 3 nitrogen and oxygen atoms in total. The normalized spacial score (nSPS) is 11.6. The number of anilines is 3. The summed E-state index contributed by atoms with van der Waals surface area (Å²) >= 11 is 0. The van der Waals surface area contributed by atoms with Gasteiger partial charge in [-0.3, -0.25) is 0 Å². The Morgan fingerprint density at radius 3 is 1.48 bits per heavy atom. The van der Waals surface area contributed by atoms with Gasteiger partial charge < -0.3 is 13.9 Å². The smallest absolute Gasteiger partial charge is 0.160 e. The van der Waals surface area contributed by atoms with Crippen molar-refractivity contribution >= 4 is 71.6 Å². The standard InChI is InChI=1S/C64H42N2O/c1-3-14-43(15-4-1)48-17-13-18-49(40-48)47-32-37-54(38-33-47)65(61-42-51-16-7-8-21-55(51)63-57-23-10-12-25-62(57)67-64(61)63)53-35-30-45(31-36-53)44-26-28-46(29-27-44)50-34-39-60-58(41-50)56-22-9-11-24-59(56)66(60)52-19-5-2-6-20-52/h1-42H. The van der Waals surface area contributed by atoms with E-state index in [1.165, 1.54) is 60.7 Å². The minimum Gasteiger partial charge on any atom is -0.454 e. The van der Waals surface area contributed by atoms with E-state index in [1.807, 2.05) is 6.07 Å². The van der Waals surface area contributed by atoms with Gasteiger partial charge in [-0.05, 0) is 128 Å². The third-order valence-electron chi connectivity index (χ3n) is 13.4. The summed E-state index contributed by atoms with van der Waals surface area (Å²) in [4.78, 5) is 2.35. The lowest BCUT2D eigenvalue weighted by molar-refractivity contribution is 0.669. The summed E-state index contributed by atoms with van der Waals surface area (Å²) in [6.07, 6.45) is 0. The van der Waals surface area contributed by atoms with Crippen LogP contribution >= 0.6 is 0 Å². The Labute approximate surface area is 388 Å². The molecule has 314 valence electrons. The van der Waals surface area contributed by atoms with Crippen LogP contribution in [-0.4, -0.2) is 4.57 Å². The van der Waals surface area contributed by atoms with Gasteiger partial charge in [0.05, 0.1) is 16.7 Å². The van der Waals surface area contributed by atoms with Crippen LogP contribution in [0, 0.1) is 0 Å². The van der Waals surface area contributed by atoms with E-state index in [4.69, 9.17) is 4.42 Å². The minimum atomic E-state index is 0.863. The van der Waals surface area contributed by atoms with Crippen molar-refractivity contribution in [2.24, 2.45) is 0 Å². The highest BCUT2D eigenvalue weighted by atomic mass is 16.3. The van der Waals surface area contributed by atoms with Gasteiger partial charge in [0, 0.05) is 38.6 Å². The zero-order chi connectivity index (χ0) is 44.3. The number of para-hydroxylation sites is 3. The number of nitrogens with zero attached hydrogens (tertiary/aromatic N) is 2. The molecule has 13 aromatic rings. The zero-order valence-corrected chi connectivity index (χ0v) is 36.6. The fourth-order valence-electron chi connectivity index (χ4n) is 10.1. The third-order valence-corrected chi connectivity index (χ3v) is 13.4. The summed E-state index contributed by atoms with van der Waals surface area (Å²) < 4.78 is 9.19. The van der Waals surface area contributed by atoms with Crippen molar-refractivity contribution in [1.82, 2.24) is 4.57 Å². The van der Waals surface area contributed by atoms with E-state index >= 15 is 0 Å². The summed E-state index contributed by atoms with van der Waals surface area (Å²) in [5, 5.41) is 7.08. The molecule has 0 aliphatic rings. The van der Waals surface area contributed by atoms with Crippen molar-refractivity contribution in [1.29, 1.82) is 0 Å². The maximum absolute atomic E-state index is 6.83. The Hall–Kier alpha value is -8.92. The number of hydrogen-bond donors (Lipinski definition) is 0. The molecule has 0 aliphatic heterocycles. The van der Waals surface area contributed by atoms with Crippen LogP contribution in [0.4, 0.5) is 17.1 Å². The molecule has 2 aromatic heterocycles. The second kappa shape index (κ2) is 16.0. The Morgan fingerprint density at radius 2 is 0.791 bits per heavy atom. The number of rotatable bonds is 8. The molecule has 0 N–H and O–H groups in total. The molecule has 0 spiro atoms. The average Bonchev–Trinajstić information content (AvgIpc) is 3.96. The van der Waals surface area contributed by atoms with Crippen LogP contribution in [0.15, 0.2) is 259 Å². The van der Waals surface area contributed by atoms with Crippen molar-refractivity contribution in [2.45, 2.75) is 0 Å². The first-order valence-electron chi connectivity index (χ1n) is 22.9. The highest BCUT2D eigenvalue weighted by Gasteiger charge is 2.22. The van der Waals surface area contributed by atoms with Crippen LogP contribution in [0.5, 0.6) is 0 Å². The Bertz CT molecular complexity index is 3940. The molecular weight excluding hydrogens is 813 g/mol. The van der Waals surface area contributed by atoms with Crippen molar-refractivity contribution in [3.8, 4) is 50.2 Å². The van der Waals surface area contributed by atoms with E-state index in [0.717, 1.165) is 61.1 Å². The van der Waals surface area contributed by atoms with Crippen LogP contribution in [0.3, 0.4) is 0 Å². The molecule has 0 aliphatic carbocycles. The van der Waals surface area contributed by atoms with Crippen molar-refractivity contribution in [2.75, 3.05) is 4.90 Å². The van der Waals surface area contributed by atoms with E-state index in [1.54, 1.807) is 0 Å². The van der Waals surface area contributed by atoms with Gasteiger partial charge in [-0.1, -0.05) is 182 Å². The van der Waals surface area contributed by atoms with Gasteiger partial charge in [-0.15, -0.1) is 0 Å². The number of aromatic nitrogens is 1. The van der Waals surface area contributed by atoms with Gasteiger partial charge in [0.25, 0.3) is 0 Å². The fraction of sp³-hybridized carbons (Fsp3) is 0. The second-order valence-corrected chi connectivity index (χ2v) is 17.3.